The van der Waals surface area contributed by atoms with Crippen LogP contribution in [0, 0.1) is 0 Å². The maximum atomic E-state index is 9.88. The van der Waals surface area contributed by atoms with Crippen molar-refractivity contribution in [1.82, 2.24) is 14.9 Å². The summed E-state index contributed by atoms with van der Waals surface area (Å²) in [5, 5.41) is 19.5. The molecule has 5 nitrogen and oxygen atoms in total. The van der Waals surface area contributed by atoms with Crippen LogP contribution < -0.4 is 5.84 Å². The van der Waals surface area contributed by atoms with Crippen LogP contribution >= 0.6 is 11.8 Å². The van der Waals surface area contributed by atoms with Crippen molar-refractivity contribution in [1.29, 1.82) is 0 Å². The van der Waals surface area contributed by atoms with Crippen molar-refractivity contribution in [3.63, 3.8) is 0 Å². The summed E-state index contributed by atoms with van der Waals surface area (Å²) in [6.07, 6.45) is 6.31. The number of phenols is 1. The molecule has 1 aliphatic rings. The zero-order valence-electron chi connectivity index (χ0n) is 11.2. The molecule has 0 amide bonds. The molecule has 0 unspecified atom stereocenters. The Morgan fingerprint density at radius 1 is 1.15 bits per heavy atom. The lowest BCUT2D eigenvalue weighted by Gasteiger charge is -2.19. The van der Waals surface area contributed by atoms with Gasteiger partial charge in [0.15, 0.2) is 5.82 Å². The summed E-state index contributed by atoms with van der Waals surface area (Å²) in [5.41, 5.74) is 0.609. The number of hydrogen-bond donors (Lipinski definition) is 2. The molecule has 2 aromatic rings. The highest BCUT2D eigenvalue weighted by Gasteiger charge is 2.20. The van der Waals surface area contributed by atoms with Crippen molar-refractivity contribution in [2.24, 2.45) is 0 Å². The van der Waals surface area contributed by atoms with E-state index >= 15 is 0 Å². The van der Waals surface area contributed by atoms with Gasteiger partial charge >= 0.3 is 0 Å². The Balaban J connectivity index is 1.83. The van der Waals surface area contributed by atoms with Crippen LogP contribution in [0.25, 0.3) is 11.4 Å². The van der Waals surface area contributed by atoms with Gasteiger partial charge in [0.05, 0.1) is 5.56 Å². The Hall–Kier alpha value is -1.69. The average molecular weight is 290 g/mol. The molecule has 3 rings (SSSR count). The Kier molecular flexibility index (Phi) is 3.82. The number of thioether (sulfide) groups is 1. The fourth-order valence-corrected chi connectivity index (χ4v) is 3.69. The first kappa shape index (κ1) is 13.3. The molecule has 1 saturated carbocycles. The number of aromatic hydroxyl groups is 1. The number of phenolic OH excluding ortho intramolecular Hbond substituents is 1. The molecule has 3 N–H and O–H groups in total. The maximum Gasteiger partial charge on any atom is 0.210 e. The van der Waals surface area contributed by atoms with Gasteiger partial charge in [0, 0.05) is 5.25 Å². The molecule has 1 aliphatic carbocycles. The summed E-state index contributed by atoms with van der Waals surface area (Å²) in [6.45, 7) is 0. The lowest BCUT2D eigenvalue weighted by atomic mass is 10.0. The molecule has 1 fully saturated rings. The first-order valence-corrected chi connectivity index (χ1v) is 7.79. The number of aromatic nitrogens is 3. The van der Waals surface area contributed by atoms with Gasteiger partial charge in [-0.3, -0.25) is 0 Å². The SMILES string of the molecule is Nn1c(SC2CCCCC2)nnc1-c1ccccc1O. The van der Waals surface area contributed by atoms with Crippen molar-refractivity contribution in [3.05, 3.63) is 24.3 Å². The molecular formula is C14H18N4OS. The van der Waals surface area contributed by atoms with Gasteiger partial charge in [-0.1, -0.05) is 43.2 Å². The van der Waals surface area contributed by atoms with Gasteiger partial charge < -0.3 is 10.9 Å². The van der Waals surface area contributed by atoms with E-state index in [4.69, 9.17) is 5.84 Å². The summed E-state index contributed by atoms with van der Waals surface area (Å²) >= 11 is 1.70. The second-order valence-electron chi connectivity index (χ2n) is 5.07. The van der Waals surface area contributed by atoms with Gasteiger partial charge in [-0.15, -0.1) is 10.2 Å². The van der Waals surface area contributed by atoms with E-state index in [9.17, 15) is 5.11 Å². The minimum atomic E-state index is 0.167. The zero-order chi connectivity index (χ0) is 13.9. The summed E-state index contributed by atoms with van der Waals surface area (Å²) in [6, 6.07) is 7.03. The molecule has 0 radical (unpaired) electrons. The van der Waals surface area contributed by atoms with Gasteiger partial charge in [-0.25, -0.2) is 4.68 Å². The number of nitrogens with two attached hydrogens (primary N) is 1. The topological polar surface area (TPSA) is 77.0 Å². The third-order valence-corrected chi connectivity index (χ3v) is 4.93. The van der Waals surface area contributed by atoms with Crippen molar-refractivity contribution < 1.29 is 5.11 Å². The Morgan fingerprint density at radius 2 is 1.90 bits per heavy atom. The molecule has 0 saturated heterocycles. The van der Waals surface area contributed by atoms with Crippen molar-refractivity contribution in [3.8, 4) is 17.1 Å². The molecule has 0 spiro atoms. The number of para-hydroxylation sites is 1. The fraction of sp³-hybridized carbons (Fsp3) is 0.429. The monoisotopic (exact) mass is 290 g/mol. The predicted octanol–water partition coefficient (Wildman–Crippen LogP) is 2.79. The molecule has 106 valence electrons. The molecule has 0 aliphatic heterocycles. The van der Waals surface area contributed by atoms with Crippen LogP contribution in [0.4, 0.5) is 0 Å². The largest absolute Gasteiger partial charge is 0.507 e. The summed E-state index contributed by atoms with van der Waals surface area (Å²) in [4.78, 5) is 0. The Bertz CT molecular complexity index is 593. The first-order chi connectivity index (χ1) is 9.75. The van der Waals surface area contributed by atoms with E-state index < -0.39 is 0 Å². The lowest BCUT2D eigenvalue weighted by molar-refractivity contribution is 0.476. The van der Waals surface area contributed by atoms with E-state index in [1.54, 1.807) is 30.0 Å². The average Bonchev–Trinajstić information content (AvgIpc) is 2.82. The molecule has 1 heterocycles. The van der Waals surface area contributed by atoms with E-state index in [0.29, 0.717) is 16.6 Å². The first-order valence-electron chi connectivity index (χ1n) is 6.91. The molecule has 6 heteroatoms. The number of benzene rings is 1. The van der Waals surface area contributed by atoms with Crippen LogP contribution in [0.5, 0.6) is 5.75 Å². The minimum absolute atomic E-state index is 0.167. The number of hydrogen-bond acceptors (Lipinski definition) is 5. The van der Waals surface area contributed by atoms with Crippen LogP contribution in [0.2, 0.25) is 0 Å². The second kappa shape index (κ2) is 5.75. The van der Waals surface area contributed by atoms with Gasteiger partial charge in [0.2, 0.25) is 5.16 Å². The predicted molar refractivity (Wildman–Crippen MR) is 80.0 cm³/mol. The van der Waals surface area contributed by atoms with E-state index in [1.807, 2.05) is 6.07 Å². The molecular weight excluding hydrogens is 272 g/mol. The number of nitrogen functional groups attached to an aromatic ring is 1. The van der Waals surface area contributed by atoms with Gasteiger partial charge in [-0.2, -0.15) is 0 Å². The Labute approximate surface area is 122 Å². The van der Waals surface area contributed by atoms with Crippen molar-refractivity contribution in [2.75, 3.05) is 5.84 Å². The summed E-state index contributed by atoms with van der Waals surface area (Å²) < 4.78 is 1.48. The third kappa shape index (κ3) is 2.60. The molecule has 20 heavy (non-hydrogen) atoms. The smallest absolute Gasteiger partial charge is 0.210 e. The maximum absolute atomic E-state index is 9.88. The highest BCUT2D eigenvalue weighted by atomic mass is 32.2. The minimum Gasteiger partial charge on any atom is -0.507 e. The number of rotatable bonds is 3. The van der Waals surface area contributed by atoms with Gasteiger partial charge in [-0.05, 0) is 25.0 Å². The fourth-order valence-electron chi connectivity index (χ4n) is 2.54. The van der Waals surface area contributed by atoms with Crippen molar-refractivity contribution >= 4 is 11.8 Å². The van der Waals surface area contributed by atoms with Crippen LogP contribution in [0.15, 0.2) is 29.4 Å². The van der Waals surface area contributed by atoms with Crippen LogP contribution in [-0.4, -0.2) is 25.2 Å². The van der Waals surface area contributed by atoms with E-state index in [0.717, 1.165) is 5.16 Å². The quantitative estimate of drug-likeness (QED) is 0.850. The highest BCUT2D eigenvalue weighted by molar-refractivity contribution is 7.99. The van der Waals surface area contributed by atoms with Crippen LogP contribution in [-0.2, 0) is 0 Å². The van der Waals surface area contributed by atoms with Crippen LogP contribution in [0.1, 0.15) is 32.1 Å². The zero-order valence-corrected chi connectivity index (χ0v) is 12.0. The van der Waals surface area contributed by atoms with Crippen LogP contribution in [0.3, 0.4) is 0 Å². The van der Waals surface area contributed by atoms with E-state index in [-0.39, 0.29) is 5.75 Å². The van der Waals surface area contributed by atoms with Crippen molar-refractivity contribution in [2.45, 2.75) is 42.5 Å². The molecule has 0 atom stereocenters. The van der Waals surface area contributed by atoms with Gasteiger partial charge in [0.25, 0.3) is 0 Å². The van der Waals surface area contributed by atoms with Gasteiger partial charge in [0.1, 0.15) is 5.75 Å². The number of nitrogens with zero attached hydrogens (tertiary/aromatic N) is 3. The Morgan fingerprint density at radius 3 is 2.65 bits per heavy atom. The molecule has 1 aromatic heterocycles. The standard InChI is InChI=1S/C14H18N4OS/c15-18-13(11-8-4-5-9-12(11)19)16-17-14(18)20-10-6-2-1-3-7-10/h4-5,8-10,19H,1-3,6-7,15H2. The van der Waals surface area contributed by atoms with E-state index in [2.05, 4.69) is 10.2 Å². The summed E-state index contributed by atoms with van der Waals surface area (Å²) in [5.74, 6) is 6.75. The second-order valence-corrected chi connectivity index (χ2v) is 6.34. The lowest BCUT2D eigenvalue weighted by Crippen LogP contribution is -2.15. The molecule has 0 bridgehead atoms. The highest BCUT2D eigenvalue weighted by Crippen LogP contribution is 2.34. The third-order valence-electron chi connectivity index (χ3n) is 3.63. The molecule has 1 aromatic carbocycles. The normalized spacial score (nSPS) is 16.4. The summed E-state index contributed by atoms with van der Waals surface area (Å²) in [7, 11) is 0. The van der Waals surface area contributed by atoms with E-state index in [1.165, 1.54) is 36.8 Å².